The number of amides is 1. The number of aromatic nitrogens is 1. The molecule has 0 aliphatic carbocycles. The molecule has 2 aromatic carbocycles. The van der Waals surface area contributed by atoms with Crippen molar-refractivity contribution in [1.82, 2.24) is 4.98 Å². The van der Waals surface area contributed by atoms with Gasteiger partial charge in [0.25, 0.3) is 5.91 Å². The number of nitrogens with zero attached hydrogens (tertiary/aromatic N) is 1. The van der Waals surface area contributed by atoms with Crippen molar-refractivity contribution < 1.29 is 9.53 Å². The van der Waals surface area contributed by atoms with Gasteiger partial charge >= 0.3 is 0 Å². The topological polar surface area (TPSA) is 51.2 Å². The third-order valence-electron chi connectivity index (χ3n) is 3.77. The van der Waals surface area contributed by atoms with Crippen LogP contribution in [0.2, 0.25) is 0 Å². The number of carbonyl (C=O) groups excluding carboxylic acids is 1. The molecule has 1 heterocycles. The van der Waals surface area contributed by atoms with Crippen LogP contribution >= 0.6 is 11.3 Å². The average Bonchev–Trinajstić information content (AvgIpc) is 2.96. The van der Waals surface area contributed by atoms with Gasteiger partial charge in [-0.05, 0) is 36.1 Å². The minimum Gasteiger partial charge on any atom is -0.483 e. The van der Waals surface area contributed by atoms with Crippen LogP contribution in [0, 0.1) is 6.92 Å². The maximum atomic E-state index is 12.1. The van der Waals surface area contributed by atoms with E-state index >= 15 is 0 Å². The highest BCUT2D eigenvalue weighted by atomic mass is 32.1. The number of fused-ring (bicyclic) bond motifs is 1. The zero-order valence-corrected chi connectivity index (χ0v) is 14.8. The van der Waals surface area contributed by atoms with Crippen LogP contribution in [-0.2, 0) is 4.79 Å². The summed E-state index contributed by atoms with van der Waals surface area (Å²) in [5.41, 5.74) is 3.17. The largest absolute Gasteiger partial charge is 0.483 e. The van der Waals surface area contributed by atoms with E-state index in [-0.39, 0.29) is 12.5 Å². The van der Waals surface area contributed by atoms with E-state index in [2.05, 4.69) is 30.2 Å². The zero-order valence-electron chi connectivity index (χ0n) is 14.0. The number of ether oxygens (including phenoxy) is 1. The van der Waals surface area contributed by atoms with Crippen LogP contribution in [0.25, 0.3) is 10.2 Å². The molecule has 5 heteroatoms. The summed E-state index contributed by atoms with van der Waals surface area (Å²) in [7, 11) is 0. The van der Waals surface area contributed by atoms with Gasteiger partial charge in [0.1, 0.15) is 5.75 Å². The highest BCUT2D eigenvalue weighted by Crippen LogP contribution is 2.31. The number of hydrogen-bond acceptors (Lipinski definition) is 4. The smallest absolute Gasteiger partial charge is 0.264 e. The van der Waals surface area contributed by atoms with E-state index in [1.54, 1.807) is 0 Å². The highest BCUT2D eigenvalue weighted by Gasteiger charge is 2.12. The lowest BCUT2D eigenvalue weighted by atomic mass is 10.0. The highest BCUT2D eigenvalue weighted by molar-refractivity contribution is 7.22. The van der Waals surface area contributed by atoms with Crippen molar-refractivity contribution in [2.45, 2.75) is 26.7 Å². The van der Waals surface area contributed by atoms with E-state index in [0.717, 1.165) is 21.5 Å². The van der Waals surface area contributed by atoms with Gasteiger partial charge in [-0.3, -0.25) is 10.1 Å². The molecule has 3 aromatic rings. The predicted molar refractivity (Wildman–Crippen MR) is 99.0 cm³/mol. The number of hydrogen-bond donors (Lipinski definition) is 1. The number of anilines is 1. The van der Waals surface area contributed by atoms with Gasteiger partial charge in [-0.25, -0.2) is 4.98 Å². The van der Waals surface area contributed by atoms with E-state index in [9.17, 15) is 4.79 Å². The van der Waals surface area contributed by atoms with Gasteiger partial charge in [-0.15, -0.1) is 0 Å². The lowest BCUT2D eigenvalue weighted by molar-refractivity contribution is -0.118. The summed E-state index contributed by atoms with van der Waals surface area (Å²) < 4.78 is 6.65. The Hall–Kier alpha value is -2.40. The Morgan fingerprint density at radius 2 is 2.00 bits per heavy atom. The summed E-state index contributed by atoms with van der Waals surface area (Å²) >= 11 is 1.48. The Balaban J connectivity index is 1.69. The summed E-state index contributed by atoms with van der Waals surface area (Å²) in [5.74, 6) is 0.909. The molecule has 0 radical (unpaired) electrons. The van der Waals surface area contributed by atoms with Gasteiger partial charge < -0.3 is 4.74 Å². The summed E-state index contributed by atoms with van der Waals surface area (Å²) in [6.07, 6.45) is 0. The lowest BCUT2D eigenvalue weighted by Crippen LogP contribution is -2.20. The van der Waals surface area contributed by atoms with Crippen molar-refractivity contribution in [3.8, 4) is 5.75 Å². The molecule has 0 saturated carbocycles. The SMILES string of the molecule is Cc1ccccc1OCC(=O)Nc1nc2c(C(C)C)cccc2s1. The number of aryl methyl sites for hydroxylation is 1. The summed E-state index contributed by atoms with van der Waals surface area (Å²) in [4.78, 5) is 16.7. The van der Waals surface area contributed by atoms with E-state index in [0.29, 0.717) is 11.0 Å². The fraction of sp³-hybridized carbons (Fsp3) is 0.263. The van der Waals surface area contributed by atoms with Crippen molar-refractivity contribution in [2.24, 2.45) is 0 Å². The van der Waals surface area contributed by atoms with Crippen molar-refractivity contribution in [3.63, 3.8) is 0 Å². The first kappa shape index (κ1) is 16.5. The number of para-hydroxylation sites is 2. The van der Waals surface area contributed by atoms with E-state index < -0.39 is 0 Å². The van der Waals surface area contributed by atoms with E-state index in [1.807, 2.05) is 43.3 Å². The van der Waals surface area contributed by atoms with Gasteiger partial charge in [0, 0.05) is 0 Å². The Bertz CT molecular complexity index is 871. The molecule has 0 spiro atoms. The van der Waals surface area contributed by atoms with E-state index in [4.69, 9.17) is 4.74 Å². The predicted octanol–water partition coefficient (Wildman–Crippen LogP) is 4.75. The monoisotopic (exact) mass is 340 g/mol. The van der Waals surface area contributed by atoms with Gasteiger partial charge in [0.15, 0.2) is 11.7 Å². The number of nitrogens with one attached hydrogen (secondary N) is 1. The molecule has 124 valence electrons. The van der Waals surface area contributed by atoms with Crippen molar-refractivity contribution >= 4 is 32.6 Å². The lowest BCUT2D eigenvalue weighted by Gasteiger charge is -2.08. The Morgan fingerprint density at radius 3 is 2.75 bits per heavy atom. The molecule has 24 heavy (non-hydrogen) atoms. The Labute approximate surface area is 145 Å². The normalized spacial score (nSPS) is 11.0. The fourth-order valence-corrected chi connectivity index (χ4v) is 3.42. The molecule has 0 unspecified atom stereocenters. The minimum absolute atomic E-state index is 0.0299. The van der Waals surface area contributed by atoms with Gasteiger partial charge in [-0.2, -0.15) is 0 Å². The van der Waals surface area contributed by atoms with Crippen LogP contribution in [0.3, 0.4) is 0 Å². The zero-order chi connectivity index (χ0) is 17.1. The number of benzene rings is 2. The van der Waals surface area contributed by atoms with Gasteiger partial charge in [-0.1, -0.05) is 55.5 Å². The maximum Gasteiger partial charge on any atom is 0.264 e. The molecule has 1 aromatic heterocycles. The molecule has 0 aliphatic heterocycles. The first-order valence-electron chi connectivity index (χ1n) is 7.92. The summed E-state index contributed by atoms with van der Waals surface area (Å²) in [6.45, 7) is 6.21. The first-order valence-corrected chi connectivity index (χ1v) is 8.74. The summed E-state index contributed by atoms with van der Waals surface area (Å²) in [5, 5.41) is 3.44. The van der Waals surface area contributed by atoms with E-state index in [1.165, 1.54) is 16.9 Å². The third kappa shape index (κ3) is 3.57. The molecule has 3 rings (SSSR count). The molecule has 4 nitrogen and oxygen atoms in total. The third-order valence-corrected chi connectivity index (χ3v) is 4.71. The average molecular weight is 340 g/mol. The maximum absolute atomic E-state index is 12.1. The number of thiazole rings is 1. The second kappa shape index (κ2) is 7.01. The quantitative estimate of drug-likeness (QED) is 0.729. The molecular weight excluding hydrogens is 320 g/mol. The van der Waals surface area contributed by atoms with Crippen LogP contribution in [-0.4, -0.2) is 17.5 Å². The fourth-order valence-electron chi connectivity index (χ4n) is 2.51. The van der Waals surface area contributed by atoms with Crippen LogP contribution in [0.5, 0.6) is 5.75 Å². The molecule has 0 bridgehead atoms. The van der Waals surface area contributed by atoms with Crippen molar-refractivity contribution in [2.75, 3.05) is 11.9 Å². The molecule has 0 aliphatic rings. The van der Waals surface area contributed by atoms with Crippen LogP contribution < -0.4 is 10.1 Å². The standard InChI is InChI=1S/C19H20N2O2S/c1-12(2)14-8-6-10-16-18(14)21-19(24-16)20-17(22)11-23-15-9-5-4-7-13(15)3/h4-10,12H,11H2,1-3H3,(H,20,21,22). The second-order valence-electron chi connectivity index (χ2n) is 5.97. The van der Waals surface area contributed by atoms with Crippen LogP contribution in [0.4, 0.5) is 5.13 Å². The number of carbonyl (C=O) groups is 1. The molecular formula is C19H20N2O2S. The molecule has 1 N–H and O–H groups in total. The van der Waals surface area contributed by atoms with Gasteiger partial charge in [0.05, 0.1) is 10.2 Å². The molecule has 0 fully saturated rings. The Morgan fingerprint density at radius 1 is 1.21 bits per heavy atom. The Kier molecular flexibility index (Phi) is 4.81. The minimum atomic E-state index is -0.205. The van der Waals surface area contributed by atoms with Crippen LogP contribution in [0.15, 0.2) is 42.5 Å². The number of rotatable bonds is 5. The van der Waals surface area contributed by atoms with Crippen molar-refractivity contribution in [3.05, 3.63) is 53.6 Å². The molecule has 0 atom stereocenters. The van der Waals surface area contributed by atoms with Crippen molar-refractivity contribution in [1.29, 1.82) is 0 Å². The first-order chi connectivity index (χ1) is 11.5. The second-order valence-corrected chi connectivity index (χ2v) is 7.00. The van der Waals surface area contributed by atoms with Crippen LogP contribution in [0.1, 0.15) is 30.9 Å². The molecule has 1 amide bonds. The van der Waals surface area contributed by atoms with Gasteiger partial charge in [0.2, 0.25) is 0 Å². The molecule has 0 saturated heterocycles. The summed E-state index contributed by atoms with van der Waals surface area (Å²) in [6, 6.07) is 13.8.